The van der Waals surface area contributed by atoms with Gasteiger partial charge in [-0.15, -0.1) is 0 Å². The minimum Gasteiger partial charge on any atom is -0.351 e. The molecule has 1 unspecified atom stereocenters. The first-order valence-corrected chi connectivity index (χ1v) is 9.38. The minimum absolute atomic E-state index is 0.121. The smallest absolute Gasteiger partial charge is 0.244 e. The molecule has 0 saturated carbocycles. The van der Waals surface area contributed by atoms with Crippen molar-refractivity contribution in [1.29, 1.82) is 0 Å². The Kier molecular flexibility index (Phi) is 6.12. The van der Waals surface area contributed by atoms with E-state index < -0.39 is 0 Å². The average molecular weight is 373 g/mol. The molecule has 0 radical (unpaired) electrons. The molecule has 0 aliphatic carbocycles. The first-order valence-electron chi connectivity index (χ1n) is 9.00. The van der Waals surface area contributed by atoms with Crippen LogP contribution in [0.4, 0.5) is 0 Å². The molecule has 1 atom stereocenters. The van der Waals surface area contributed by atoms with Crippen LogP contribution in [0.25, 0.3) is 6.08 Å². The second kappa shape index (κ2) is 8.52. The molecule has 1 aliphatic rings. The molecule has 26 heavy (non-hydrogen) atoms. The third-order valence-electron chi connectivity index (χ3n) is 4.83. The second-order valence-electron chi connectivity index (χ2n) is 6.66. The Morgan fingerprint density at radius 1 is 1.31 bits per heavy atom. The van der Waals surface area contributed by atoms with E-state index in [9.17, 15) is 4.79 Å². The lowest BCUT2D eigenvalue weighted by Crippen LogP contribution is -2.36. The Hall–Kier alpha value is -2.11. The maximum atomic E-state index is 12.3. The Labute approximate surface area is 159 Å². The number of nitrogens with one attached hydrogen (secondary N) is 1. The van der Waals surface area contributed by atoms with E-state index in [1.807, 2.05) is 25.1 Å². The number of hydrogen-bond donors (Lipinski definition) is 1. The summed E-state index contributed by atoms with van der Waals surface area (Å²) < 4.78 is 1.60. The number of hydrogen-bond acceptors (Lipinski definition) is 3. The minimum atomic E-state index is -0.121. The van der Waals surface area contributed by atoms with Gasteiger partial charge in [-0.3, -0.25) is 14.4 Å². The summed E-state index contributed by atoms with van der Waals surface area (Å²) in [5.41, 5.74) is 2.83. The monoisotopic (exact) mass is 372 g/mol. The van der Waals surface area contributed by atoms with Gasteiger partial charge in [-0.2, -0.15) is 5.10 Å². The van der Waals surface area contributed by atoms with Crippen molar-refractivity contribution in [2.24, 2.45) is 7.05 Å². The van der Waals surface area contributed by atoms with Crippen molar-refractivity contribution in [2.75, 3.05) is 19.6 Å². The van der Waals surface area contributed by atoms with Gasteiger partial charge in [-0.05, 0) is 44.5 Å². The zero-order valence-electron chi connectivity index (χ0n) is 15.3. The topological polar surface area (TPSA) is 50.2 Å². The van der Waals surface area contributed by atoms with E-state index in [0.29, 0.717) is 11.7 Å². The number of amides is 1. The molecule has 1 amide bonds. The first kappa shape index (κ1) is 18.7. The van der Waals surface area contributed by atoms with Gasteiger partial charge >= 0.3 is 0 Å². The Bertz CT molecular complexity index is 779. The molecular weight excluding hydrogens is 348 g/mol. The van der Waals surface area contributed by atoms with E-state index in [1.54, 1.807) is 17.8 Å². The number of carbonyl (C=O) groups excluding carboxylic acids is 1. The lowest BCUT2D eigenvalue weighted by molar-refractivity contribution is -0.116. The molecule has 0 spiro atoms. The molecule has 1 aliphatic heterocycles. The van der Waals surface area contributed by atoms with Crippen molar-refractivity contribution in [2.45, 2.75) is 25.8 Å². The van der Waals surface area contributed by atoms with Gasteiger partial charge in [0.25, 0.3) is 0 Å². The summed E-state index contributed by atoms with van der Waals surface area (Å²) in [6.07, 6.45) is 5.70. The maximum Gasteiger partial charge on any atom is 0.244 e. The second-order valence-corrected chi connectivity index (χ2v) is 7.02. The number of aryl methyl sites for hydroxylation is 2. The largest absolute Gasteiger partial charge is 0.351 e. The summed E-state index contributed by atoms with van der Waals surface area (Å²) in [5, 5.41) is 7.82. The SMILES string of the molecule is Cc1nn(C)c(Cl)c1/C=C/C(=O)NCC(c1ccccc1)N1CCCC1. The molecule has 6 heteroatoms. The molecule has 1 fully saturated rings. The van der Waals surface area contributed by atoms with Crippen LogP contribution in [0.5, 0.6) is 0 Å². The first-order chi connectivity index (χ1) is 12.6. The lowest BCUT2D eigenvalue weighted by Gasteiger charge is -2.28. The van der Waals surface area contributed by atoms with Crippen LogP contribution in [0.15, 0.2) is 36.4 Å². The molecule has 3 rings (SSSR count). The highest BCUT2D eigenvalue weighted by atomic mass is 35.5. The van der Waals surface area contributed by atoms with Gasteiger partial charge in [0.2, 0.25) is 5.91 Å². The van der Waals surface area contributed by atoms with Gasteiger partial charge in [-0.1, -0.05) is 41.9 Å². The zero-order chi connectivity index (χ0) is 18.5. The van der Waals surface area contributed by atoms with E-state index in [0.717, 1.165) is 24.3 Å². The third kappa shape index (κ3) is 4.34. The number of benzene rings is 1. The fourth-order valence-electron chi connectivity index (χ4n) is 3.44. The Morgan fingerprint density at radius 2 is 2.00 bits per heavy atom. The Balaban J connectivity index is 1.65. The molecule has 1 saturated heterocycles. The standard InChI is InChI=1S/C20H25ClN4O/c1-15-17(20(21)24(2)23-15)10-11-19(26)22-14-18(25-12-6-7-13-25)16-8-4-3-5-9-16/h3-5,8-11,18H,6-7,12-14H2,1-2H3,(H,22,26)/b11-10+. The summed E-state index contributed by atoms with van der Waals surface area (Å²) in [4.78, 5) is 14.8. The van der Waals surface area contributed by atoms with Crippen molar-refractivity contribution in [3.63, 3.8) is 0 Å². The van der Waals surface area contributed by atoms with Gasteiger partial charge in [0.15, 0.2) is 0 Å². The molecule has 1 aromatic carbocycles. The summed E-state index contributed by atoms with van der Waals surface area (Å²) >= 11 is 6.20. The molecular formula is C20H25ClN4O. The fourth-order valence-corrected chi connectivity index (χ4v) is 3.67. The van der Waals surface area contributed by atoms with Crippen LogP contribution in [-0.2, 0) is 11.8 Å². The van der Waals surface area contributed by atoms with Crippen LogP contribution in [0.1, 0.15) is 35.7 Å². The van der Waals surface area contributed by atoms with Crippen LogP contribution in [-0.4, -0.2) is 40.2 Å². The van der Waals surface area contributed by atoms with Crippen LogP contribution < -0.4 is 5.32 Å². The number of rotatable bonds is 6. The van der Waals surface area contributed by atoms with Gasteiger partial charge in [0.1, 0.15) is 5.15 Å². The predicted octanol–water partition coefficient (Wildman–Crippen LogP) is 3.35. The van der Waals surface area contributed by atoms with Crippen molar-refractivity contribution < 1.29 is 4.79 Å². The summed E-state index contributed by atoms with van der Waals surface area (Å²) in [6, 6.07) is 10.6. The maximum absolute atomic E-state index is 12.3. The van der Waals surface area contributed by atoms with Gasteiger partial charge in [-0.25, -0.2) is 0 Å². The van der Waals surface area contributed by atoms with E-state index in [-0.39, 0.29) is 11.9 Å². The predicted molar refractivity (Wildman–Crippen MR) is 105 cm³/mol. The molecule has 0 bridgehead atoms. The van der Waals surface area contributed by atoms with Gasteiger partial charge < -0.3 is 5.32 Å². The molecule has 2 aromatic rings. The summed E-state index contributed by atoms with van der Waals surface area (Å²) in [7, 11) is 1.78. The van der Waals surface area contributed by atoms with Crippen LogP contribution in [0.2, 0.25) is 5.15 Å². The van der Waals surface area contributed by atoms with E-state index in [1.165, 1.54) is 24.5 Å². The molecule has 5 nitrogen and oxygen atoms in total. The fraction of sp³-hybridized carbons (Fsp3) is 0.400. The lowest BCUT2D eigenvalue weighted by atomic mass is 10.1. The van der Waals surface area contributed by atoms with Crippen LogP contribution in [0, 0.1) is 6.92 Å². The van der Waals surface area contributed by atoms with Crippen molar-refractivity contribution in [1.82, 2.24) is 20.0 Å². The Morgan fingerprint density at radius 3 is 2.62 bits per heavy atom. The highest BCUT2D eigenvalue weighted by Gasteiger charge is 2.23. The van der Waals surface area contributed by atoms with E-state index in [4.69, 9.17) is 11.6 Å². The zero-order valence-corrected chi connectivity index (χ0v) is 16.0. The molecule has 2 heterocycles. The van der Waals surface area contributed by atoms with Gasteiger partial charge in [0, 0.05) is 25.2 Å². The van der Waals surface area contributed by atoms with Crippen LogP contribution in [0.3, 0.4) is 0 Å². The third-order valence-corrected chi connectivity index (χ3v) is 5.28. The van der Waals surface area contributed by atoms with Crippen molar-refractivity contribution >= 4 is 23.6 Å². The highest BCUT2D eigenvalue weighted by Crippen LogP contribution is 2.24. The number of nitrogens with zero attached hydrogens (tertiary/aromatic N) is 3. The summed E-state index contributed by atoms with van der Waals surface area (Å²) in [5.74, 6) is -0.121. The van der Waals surface area contributed by atoms with Gasteiger partial charge in [0.05, 0.1) is 11.7 Å². The molecule has 1 N–H and O–H groups in total. The van der Waals surface area contributed by atoms with E-state index >= 15 is 0 Å². The number of aromatic nitrogens is 2. The van der Waals surface area contributed by atoms with Crippen molar-refractivity contribution in [3.05, 3.63) is 58.4 Å². The number of halogens is 1. The quantitative estimate of drug-likeness (QED) is 0.791. The number of likely N-dealkylation sites (tertiary alicyclic amines) is 1. The molecule has 1 aromatic heterocycles. The normalized spacial score (nSPS) is 16.3. The van der Waals surface area contributed by atoms with Crippen LogP contribution >= 0.6 is 11.6 Å². The van der Waals surface area contributed by atoms with Crippen molar-refractivity contribution in [3.8, 4) is 0 Å². The molecule has 138 valence electrons. The highest BCUT2D eigenvalue weighted by molar-refractivity contribution is 6.31. The summed E-state index contributed by atoms with van der Waals surface area (Å²) in [6.45, 7) is 4.63. The average Bonchev–Trinajstić information content (AvgIpc) is 3.24. The number of carbonyl (C=O) groups is 1. The van der Waals surface area contributed by atoms with E-state index in [2.05, 4.69) is 27.4 Å².